The lowest BCUT2D eigenvalue weighted by molar-refractivity contribution is 0.123. The van der Waals surface area contributed by atoms with Crippen molar-refractivity contribution in [1.29, 1.82) is 0 Å². The smallest absolute Gasteiger partial charge is 0.0597 e. The number of nitrogens with one attached hydrogen (secondary N) is 1. The van der Waals surface area contributed by atoms with E-state index in [1.54, 1.807) is 0 Å². The molecule has 0 aromatic carbocycles. The van der Waals surface area contributed by atoms with Crippen molar-refractivity contribution in [3.05, 3.63) is 0 Å². The van der Waals surface area contributed by atoms with Crippen LogP contribution in [0.1, 0.15) is 26.7 Å². The fraction of sp³-hybridized carbons (Fsp3) is 1.00. The highest BCUT2D eigenvalue weighted by atomic mass is 16.3. The summed E-state index contributed by atoms with van der Waals surface area (Å²) in [7, 11) is 0. The average Bonchev–Trinajstić information content (AvgIpc) is 2.14. The van der Waals surface area contributed by atoms with Crippen molar-refractivity contribution in [2.24, 2.45) is 0 Å². The van der Waals surface area contributed by atoms with Crippen LogP contribution in [0.25, 0.3) is 0 Å². The van der Waals surface area contributed by atoms with Gasteiger partial charge >= 0.3 is 0 Å². The van der Waals surface area contributed by atoms with Crippen LogP contribution < -0.4 is 5.32 Å². The lowest BCUT2D eigenvalue weighted by Crippen LogP contribution is -2.56. The highest BCUT2D eigenvalue weighted by Crippen LogP contribution is 2.05. The zero-order chi connectivity index (χ0) is 9.68. The predicted molar refractivity (Wildman–Crippen MR) is 54.8 cm³/mol. The molecule has 1 fully saturated rings. The minimum Gasteiger partial charge on any atom is -0.395 e. The molecular formula is C10H22N2O. The number of aliphatic hydroxyl groups is 1. The molecule has 1 aliphatic heterocycles. The molecule has 1 rings (SSSR count). The van der Waals surface area contributed by atoms with E-state index in [-0.39, 0.29) is 12.6 Å². The summed E-state index contributed by atoms with van der Waals surface area (Å²) in [5, 5.41) is 12.4. The van der Waals surface area contributed by atoms with Crippen molar-refractivity contribution < 1.29 is 5.11 Å². The van der Waals surface area contributed by atoms with Gasteiger partial charge in [0.15, 0.2) is 0 Å². The second-order valence-corrected chi connectivity index (χ2v) is 4.06. The molecule has 0 bridgehead atoms. The summed E-state index contributed by atoms with van der Waals surface area (Å²) in [4.78, 5) is 2.45. The number of nitrogens with zero attached hydrogens (tertiary/aromatic N) is 1. The van der Waals surface area contributed by atoms with Crippen molar-refractivity contribution in [1.82, 2.24) is 10.2 Å². The van der Waals surface area contributed by atoms with Gasteiger partial charge in [0, 0.05) is 25.2 Å². The molecule has 78 valence electrons. The zero-order valence-corrected chi connectivity index (χ0v) is 8.79. The van der Waals surface area contributed by atoms with Crippen molar-refractivity contribution in [3.63, 3.8) is 0 Å². The first-order chi connectivity index (χ1) is 6.26. The molecule has 2 atom stereocenters. The monoisotopic (exact) mass is 186 g/mol. The molecule has 13 heavy (non-hydrogen) atoms. The van der Waals surface area contributed by atoms with Crippen molar-refractivity contribution in [2.75, 3.05) is 26.2 Å². The summed E-state index contributed by atoms with van der Waals surface area (Å²) >= 11 is 0. The van der Waals surface area contributed by atoms with E-state index in [2.05, 4.69) is 24.1 Å². The summed E-state index contributed by atoms with van der Waals surface area (Å²) in [5.41, 5.74) is 0. The molecule has 1 aliphatic rings. The normalized spacial score (nSPS) is 30.7. The van der Waals surface area contributed by atoms with Gasteiger partial charge < -0.3 is 15.3 Å². The van der Waals surface area contributed by atoms with Gasteiger partial charge in [-0.3, -0.25) is 0 Å². The Morgan fingerprint density at radius 2 is 2.23 bits per heavy atom. The molecule has 0 radical (unpaired) electrons. The molecule has 3 nitrogen and oxygen atoms in total. The summed E-state index contributed by atoms with van der Waals surface area (Å²) < 4.78 is 0. The van der Waals surface area contributed by atoms with Gasteiger partial charge in [-0.05, 0) is 19.9 Å². The van der Waals surface area contributed by atoms with Crippen LogP contribution in [0.2, 0.25) is 0 Å². The number of piperazine rings is 1. The Balaban J connectivity index is 2.29. The molecule has 0 spiro atoms. The highest BCUT2D eigenvalue weighted by Gasteiger charge is 2.22. The lowest BCUT2D eigenvalue weighted by atomic mass is 10.1. The summed E-state index contributed by atoms with van der Waals surface area (Å²) in [5.74, 6) is 0. The van der Waals surface area contributed by atoms with E-state index in [9.17, 15) is 0 Å². The topological polar surface area (TPSA) is 35.5 Å². The van der Waals surface area contributed by atoms with E-state index >= 15 is 0 Å². The molecule has 2 N–H and O–H groups in total. The van der Waals surface area contributed by atoms with E-state index < -0.39 is 0 Å². The van der Waals surface area contributed by atoms with Crippen LogP contribution in [0.3, 0.4) is 0 Å². The quantitative estimate of drug-likeness (QED) is 0.669. The van der Waals surface area contributed by atoms with Gasteiger partial charge in [0.2, 0.25) is 0 Å². The van der Waals surface area contributed by atoms with E-state index in [1.165, 1.54) is 19.4 Å². The summed E-state index contributed by atoms with van der Waals surface area (Å²) in [6, 6.07) is 0.795. The van der Waals surface area contributed by atoms with Crippen LogP contribution in [0.5, 0.6) is 0 Å². The second-order valence-electron chi connectivity index (χ2n) is 4.06. The maximum Gasteiger partial charge on any atom is 0.0597 e. The van der Waals surface area contributed by atoms with E-state index in [4.69, 9.17) is 5.11 Å². The number of rotatable bonds is 4. The van der Waals surface area contributed by atoms with Gasteiger partial charge in [0.05, 0.1) is 6.61 Å². The van der Waals surface area contributed by atoms with E-state index in [1.807, 2.05) is 0 Å². The Morgan fingerprint density at radius 3 is 2.85 bits per heavy atom. The van der Waals surface area contributed by atoms with Gasteiger partial charge in [0.1, 0.15) is 0 Å². The minimum absolute atomic E-state index is 0.257. The van der Waals surface area contributed by atoms with Crippen LogP contribution >= 0.6 is 0 Å². The standard InChI is InChI=1S/C10H22N2O/c1-3-4-5-12-6-9(2)11-10(7-12)8-13/h9-11,13H,3-8H2,1-2H3. The zero-order valence-electron chi connectivity index (χ0n) is 8.79. The molecular weight excluding hydrogens is 164 g/mol. The Kier molecular flexibility index (Phi) is 4.70. The highest BCUT2D eigenvalue weighted by molar-refractivity contribution is 4.82. The fourth-order valence-corrected chi connectivity index (χ4v) is 1.96. The lowest BCUT2D eigenvalue weighted by Gasteiger charge is -2.36. The maximum atomic E-state index is 9.06. The van der Waals surface area contributed by atoms with E-state index in [0.29, 0.717) is 6.04 Å². The number of aliphatic hydroxyl groups excluding tert-OH is 1. The third-order valence-electron chi connectivity index (χ3n) is 2.58. The first kappa shape index (κ1) is 11.0. The van der Waals surface area contributed by atoms with Crippen LogP contribution in [-0.4, -0.2) is 48.3 Å². The number of hydrogen-bond acceptors (Lipinski definition) is 3. The van der Waals surface area contributed by atoms with Gasteiger partial charge in [-0.25, -0.2) is 0 Å². The Hall–Kier alpha value is -0.120. The van der Waals surface area contributed by atoms with Crippen LogP contribution in [0.4, 0.5) is 0 Å². The van der Waals surface area contributed by atoms with Gasteiger partial charge in [-0.15, -0.1) is 0 Å². The maximum absolute atomic E-state index is 9.06. The Morgan fingerprint density at radius 1 is 1.46 bits per heavy atom. The molecule has 0 amide bonds. The molecule has 1 heterocycles. The van der Waals surface area contributed by atoms with Crippen molar-refractivity contribution in [2.45, 2.75) is 38.8 Å². The predicted octanol–water partition coefficient (Wildman–Crippen LogP) is 0.441. The first-order valence-electron chi connectivity index (χ1n) is 5.35. The molecule has 2 unspecified atom stereocenters. The molecule has 0 aromatic heterocycles. The fourth-order valence-electron chi connectivity index (χ4n) is 1.96. The molecule has 1 saturated heterocycles. The second kappa shape index (κ2) is 5.58. The van der Waals surface area contributed by atoms with Crippen LogP contribution in [0, 0.1) is 0 Å². The minimum atomic E-state index is 0.257. The van der Waals surface area contributed by atoms with Crippen LogP contribution in [-0.2, 0) is 0 Å². The molecule has 0 aliphatic carbocycles. The Bertz CT molecular complexity index is 141. The SMILES string of the molecule is CCCCN1CC(C)NC(CO)C1. The first-order valence-corrected chi connectivity index (χ1v) is 5.35. The summed E-state index contributed by atoms with van der Waals surface area (Å²) in [6.07, 6.45) is 2.52. The average molecular weight is 186 g/mol. The van der Waals surface area contributed by atoms with Gasteiger partial charge in [-0.2, -0.15) is 0 Å². The molecule has 0 saturated carbocycles. The third kappa shape index (κ3) is 3.63. The van der Waals surface area contributed by atoms with Crippen LogP contribution in [0.15, 0.2) is 0 Å². The van der Waals surface area contributed by atoms with Gasteiger partial charge in [0.25, 0.3) is 0 Å². The molecule has 0 aromatic rings. The van der Waals surface area contributed by atoms with E-state index in [0.717, 1.165) is 13.1 Å². The van der Waals surface area contributed by atoms with Gasteiger partial charge in [-0.1, -0.05) is 13.3 Å². The van der Waals surface area contributed by atoms with Crippen molar-refractivity contribution in [3.8, 4) is 0 Å². The van der Waals surface area contributed by atoms with Crippen molar-refractivity contribution >= 4 is 0 Å². The summed E-state index contributed by atoms with van der Waals surface area (Å²) in [6.45, 7) is 7.96. The number of unbranched alkanes of at least 4 members (excludes halogenated alkanes) is 1. The largest absolute Gasteiger partial charge is 0.395 e. The third-order valence-corrected chi connectivity index (χ3v) is 2.58. The number of hydrogen-bond donors (Lipinski definition) is 2. The Labute approximate surface area is 81.1 Å². The molecule has 3 heteroatoms.